The second-order valence-electron chi connectivity index (χ2n) is 7.93. The van der Waals surface area contributed by atoms with Crippen LogP contribution in [0.5, 0.6) is 17.2 Å². The van der Waals surface area contributed by atoms with E-state index >= 15 is 0 Å². The maximum atomic E-state index is 12.8. The van der Waals surface area contributed by atoms with Gasteiger partial charge in [0.15, 0.2) is 0 Å². The summed E-state index contributed by atoms with van der Waals surface area (Å²) >= 11 is 0. The van der Waals surface area contributed by atoms with Gasteiger partial charge < -0.3 is 19.5 Å². The molecule has 0 radical (unpaired) electrons. The van der Waals surface area contributed by atoms with E-state index in [-0.39, 0.29) is 5.75 Å². The Labute approximate surface area is 219 Å². The molecule has 0 aliphatic carbocycles. The molecule has 0 saturated heterocycles. The molecule has 0 fully saturated rings. The van der Waals surface area contributed by atoms with Crippen LogP contribution in [0.1, 0.15) is 22.8 Å². The molecule has 2 N–H and O–H groups in total. The van der Waals surface area contributed by atoms with Gasteiger partial charge in [0.2, 0.25) is 0 Å². The lowest BCUT2D eigenvalue weighted by Gasteiger charge is -2.11. The van der Waals surface area contributed by atoms with Crippen molar-refractivity contribution in [1.82, 2.24) is 5.43 Å². The number of hydrazone groups is 1. The Bertz CT molecular complexity index is 1480. The number of methoxy groups -OCH3 is 1. The van der Waals surface area contributed by atoms with Crippen molar-refractivity contribution < 1.29 is 28.6 Å². The van der Waals surface area contributed by atoms with Crippen LogP contribution in [-0.2, 0) is 9.59 Å². The number of anilines is 1. The molecule has 0 saturated carbocycles. The van der Waals surface area contributed by atoms with E-state index in [0.717, 1.165) is 10.8 Å². The van der Waals surface area contributed by atoms with E-state index in [2.05, 4.69) is 15.8 Å². The highest BCUT2D eigenvalue weighted by atomic mass is 16.5. The average Bonchev–Trinajstić information content (AvgIpc) is 2.94. The van der Waals surface area contributed by atoms with Gasteiger partial charge in [-0.05, 0) is 72.3 Å². The third kappa shape index (κ3) is 6.33. The van der Waals surface area contributed by atoms with Crippen LogP contribution >= 0.6 is 0 Å². The zero-order valence-corrected chi connectivity index (χ0v) is 20.8. The Kier molecular flexibility index (Phi) is 8.30. The van der Waals surface area contributed by atoms with E-state index in [1.165, 1.54) is 13.3 Å². The number of fused-ring (bicyclic) bond motifs is 1. The SMILES string of the molecule is CCOc1ccc(C(=O)Oc2ccc3ccccc3c2C=NNC(=O)C(=O)Nc2ccc(OC)cc2)cc1. The number of ether oxygens (including phenoxy) is 3. The molecular formula is C29H25N3O6. The molecule has 192 valence electrons. The van der Waals surface area contributed by atoms with Crippen molar-refractivity contribution in [2.24, 2.45) is 5.10 Å². The van der Waals surface area contributed by atoms with E-state index in [1.54, 1.807) is 54.6 Å². The molecule has 0 unspecified atom stereocenters. The molecule has 0 spiro atoms. The van der Waals surface area contributed by atoms with Crippen molar-refractivity contribution in [3.8, 4) is 17.2 Å². The minimum absolute atomic E-state index is 0.239. The smallest absolute Gasteiger partial charge is 0.343 e. The number of hydrogen-bond donors (Lipinski definition) is 2. The molecule has 0 bridgehead atoms. The largest absolute Gasteiger partial charge is 0.497 e. The van der Waals surface area contributed by atoms with Crippen LogP contribution in [0.25, 0.3) is 10.8 Å². The van der Waals surface area contributed by atoms with Crippen LogP contribution in [0.4, 0.5) is 5.69 Å². The molecule has 4 aromatic rings. The van der Waals surface area contributed by atoms with Crippen LogP contribution < -0.4 is 25.0 Å². The minimum atomic E-state index is -0.967. The Balaban J connectivity index is 1.50. The third-order valence-electron chi connectivity index (χ3n) is 5.45. The Hall–Kier alpha value is -5.18. The van der Waals surface area contributed by atoms with E-state index in [0.29, 0.717) is 34.9 Å². The molecular weight excluding hydrogens is 486 g/mol. The molecule has 9 nitrogen and oxygen atoms in total. The van der Waals surface area contributed by atoms with Crippen molar-refractivity contribution in [3.05, 3.63) is 96.1 Å². The summed E-state index contributed by atoms with van der Waals surface area (Å²) in [7, 11) is 1.53. The van der Waals surface area contributed by atoms with Gasteiger partial charge in [-0.3, -0.25) is 9.59 Å². The lowest BCUT2D eigenvalue weighted by molar-refractivity contribution is -0.136. The summed E-state index contributed by atoms with van der Waals surface area (Å²) in [5, 5.41) is 8.04. The second kappa shape index (κ2) is 12.2. The molecule has 4 rings (SSSR count). The molecule has 0 aromatic heterocycles. The number of carbonyl (C=O) groups excluding carboxylic acids is 3. The fourth-order valence-corrected chi connectivity index (χ4v) is 3.58. The molecule has 4 aromatic carbocycles. The minimum Gasteiger partial charge on any atom is -0.497 e. The topological polar surface area (TPSA) is 115 Å². The van der Waals surface area contributed by atoms with E-state index in [1.807, 2.05) is 37.3 Å². The van der Waals surface area contributed by atoms with Crippen LogP contribution in [-0.4, -0.2) is 37.7 Å². The lowest BCUT2D eigenvalue weighted by atomic mass is 10.0. The maximum absolute atomic E-state index is 12.8. The Morgan fingerprint density at radius 1 is 0.842 bits per heavy atom. The van der Waals surface area contributed by atoms with Gasteiger partial charge in [-0.25, -0.2) is 10.2 Å². The Morgan fingerprint density at radius 3 is 2.26 bits per heavy atom. The third-order valence-corrected chi connectivity index (χ3v) is 5.45. The summed E-state index contributed by atoms with van der Waals surface area (Å²) in [6.45, 7) is 2.39. The number of nitrogens with zero attached hydrogens (tertiary/aromatic N) is 1. The number of esters is 1. The summed E-state index contributed by atoms with van der Waals surface area (Å²) < 4.78 is 16.2. The van der Waals surface area contributed by atoms with E-state index < -0.39 is 17.8 Å². The summed E-state index contributed by atoms with van der Waals surface area (Å²) in [5.74, 6) is -0.928. The highest BCUT2D eigenvalue weighted by Crippen LogP contribution is 2.27. The lowest BCUT2D eigenvalue weighted by Crippen LogP contribution is -2.32. The van der Waals surface area contributed by atoms with E-state index in [4.69, 9.17) is 14.2 Å². The maximum Gasteiger partial charge on any atom is 0.343 e. The quantitative estimate of drug-likeness (QED) is 0.118. The molecule has 0 heterocycles. The van der Waals surface area contributed by atoms with Crippen molar-refractivity contribution in [2.45, 2.75) is 6.92 Å². The van der Waals surface area contributed by atoms with Crippen LogP contribution in [0.15, 0.2) is 90.0 Å². The number of nitrogens with one attached hydrogen (secondary N) is 2. The van der Waals surface area contributed by atoms with Crippen molar-refractivity contribution >= 4 is 40.5 Å². The Morgan fingerprint density at radius 2 is 1.55 bits per heavy atom. The van der Waals surface area contributed by atoms with E-state index in [9.17, 15) is 14.4 Å². The van der Waals surface area contributed by atoms with Crippen molar-refractivity contribution in [2.75, 3.05) is 19.0 Å². The molecule has 0 aliphatic rings. The van der Waals surface area contributed by atoms with Gasteiger partial charge >= 0.3 is 17.8 Å². The van der Waals surface area contributed by atoms with Crippen LogP contribution in [0, 0.1) is 0 Å². The van der Waals surface area contributed by atoms with Crippen LogP contribution in [0.3, 0.4) is 0 Å². The van der Waals surface area contributed by atoms with Gasteiger partial charge in [0, 0.05) is 11.3 Å². The standard InChI is InChI=1S/C29H25N3O6/c1-3-37-23-13-8-20(9-14-23)29(35)38-26-17-10-19-6-4-5-7-24(19)25(26)18-30-32-28(34)27(33)31-21-11-15-22(36-2)16-12-21/h4-18H,3H2,1-2H3,(H,31,33)(H,32,34). The first-order chi connectivity index (χ1) is 18.5. The fourth-order valence-electron chi connectivity index (χ4n) is 3.58. The summed E-state index contributed by atoms with van der Waals surface area (Å²) in [6.07, 6.45) is 1.34. The van der Waals surface area contributed by atoms with Gasteiger partial charge in [0.1, 0.15) is 17.2 Å². The molecule has 38 heavy (non-hydrogen) atoms. The predicted octanol–water partition coefficient (Wildman–Crippen LogP) is 4.56. The monoisotopic (exact) mass is 511 g/mol. The number of hydrogen-bond acceptors (Lipinski definition) is 7. The molecule has 0 atom stereocenters. The van der Waals surface area contributed by atoms with Gasteiger partial charge in [-0.15, -0.1) is 0 Å². The number of carbonyl (C=O) groups is 3. The highest BCUT2D eigenvalue weighted by Gasteiger charge is 2.15. The van der Waals surface area contributed by atoms with Gasteiger partial charge in [0.25, 0.3) is 0 Å². The summed E-state index contributed by atoms with van der Waals surface area (Å²) in [4.78, 5) is 37.4. The highest BCUT2D eigenvalue weighted by molar-refractivity contribution is 6.39. The normalized spacial score (nSPS) is 10.7. The summed E-state index contributed by atoms with van der Waals surface area (Å²) in [5.41, 5.74) is 3.43. The zero-order valence-electron chi connectivity index (χ0n) is 20.8. The first kappa shape index (κ1) is 25.9. The molecule has 2 amide bonds. The first-order valence-electron chi connectivity index (χ1n) is 11.7. The second-order valence-corrected chi connectivity index (χ2v) is 7.93. The average molecular weight is 512 g/mol. The zero-order chi connectivity index (χ0) is 26.9. The fraction of sp³-hybridized carbons (Fsp3) is 0.103. The molecule has 9 heteroatoms. The number of amides is 2. The van der Waals surface area contributed by atoms with Gasteiger partial charge in [0.05, 0.1) is 25.5 Å². The predicted molar refractivity (Wildman–Crippen MR) is 144 cm³/mol. The summed E-state index contributed by atoms with van der Waals surface area (Å²) in [6, 6.07) is 24.0. The van der Waals surface area contributed by atoms with Crippen LogP contribution in [0.2, 0.25) is 0 Å². The van der Waals surface area contributed by atoms with Crippen molar-refractivity contribution in [1.29, 1.82) is 0 Å². The van der Waals surface area contributed by atoms with Crippen molar-refractivity contribution in [3.63, 3.8) is 0 Å². The van der Waals surface area contributed by atoms with Gasteiger partial charge in [-0.1, -0.05) is 30.3 Å². The van der Waals surface area contributed by atoms with Gasteiger partial charge in [-0.2, -0.15) is 5.10 Å². The number of benzene rings is 4. The number of rotatable bonds is 8. The first-order valence-corrected chi connectivity index (χ1v) is 11.7. The molecule has 0 aliphatic heterocycles.